The number of carbonyl (C=O) groups is 4. The smallest absolute Gasteiger partial charge is 0.258 e. The lowest BCUT2D eigenvalue weighted by atomic mass is 10.1. The van der Waals surface area contributed by atoms with Crippen LogP contribution in [0, 0.1) is 25.7 Å². The zero-order valence-electron chi connectivity index (χ0n) is 34.3. The van der Waals surface area contributed by atoms with Gasteiger partial charge in [-0.05, 0) is 88.5 Å². The molecule has 4 amide bonds. The van der Waals surface area contributed by atoms with E-state index in [1.165, 1.54) is 36.5 Å². The maximum absolute atomic E-state index is 13.1. The standard InChI is InChI=1S/2C19H23N5O4S2/c2*1-9-16(29-19(20-9)21-11(3)25)14-7-13-8-24(10(2)12-5-6-12)18(26)15(13)17(22-14)23-30(4,27)28/h2*7,10,12H,5-6,8H2,1-4H3,(H,22,23)(H,20,21,25)/t2*10-/m00/s1. The molecule has 2 aliphatic carbocycles. The van der Waals surface area contributed by atoms with Crippen LogP contribution in [-0.2, 0) is 42.7 Å². The van der Waals surface area contributed by atoms with Crippen molar-refractivity contribution in [3.8, 4) is 21.1 Å². The first-order valence-electron chi connectivity index (χ1n) is 19.2. The van der Waals surface area contributed by atoms with E-state index in [1.54, 1.807) is 23.6 Å². The average Bonchev–Trinajstić information content (AvgIpc) is 4.03. The van der Waals surface area contributed by atoms with E-state index in [0.29, 0.717) is 78.8 Å². The average molecular weight is 899 g/mol. The maximum Gasteiger partial charge on any atom is 0.258 e. The number of carbonyl (C=O) groups excluding carboxylic acids is 4. The zero-order valence-corrected chi connectivity index (χ0v) is 37.6. The van der Waals surface area contributed by atoms with Gasteiger partial charge in [0.2, 0.25) is 31.9 Å². The van der Waals surface area contributed by atoms with Gasteiger partial charge in [-0.3, -0.25) is 28.6 Å². The largest absolute Gasteiger partial charge is 0.331 e. The maximum atomic E-state index is 13.1. The SMILES string of the molecule is CC(=O)Nc1nc(C)c(-c2cc3c(c(NS(C)(=O)=O)n2)C(=O)N([C@@H](C)C2CC2)C3)s1.CC(=O)Nc1nc(C)c(-c2cc3c(c(NS(C)(=O)=O)n2)C(=O)N([C@@H](C)C2CC2)C3)s1. The summed E-state index contributed by atoms with van der Waals surface area (Å²) in [4.78, 5) is 71.6. The van der Waals surface area contributed by atoms with Gasteiger partial charge in [0.25, 0.3) is 11.8 Å². The predicted octanol–water partition coefficient (Wildman–Crippen LogP) is 5.20. The Balaban J connectivity index is 0.000000181. The van der Waals surface area contributed by atoms with E-state index in [1.807, 2.05) is 26.0 Å². The highest BCUT2D eigenvalue weighted by Crippen LogP contribution is 2.43. The number of fused-ring (bicyclic) bond motifs is 2. The van der Waals surface area contributed by atoms with Gasteiger partial charge in [-0.1, -0.05) is 22.7 Å². The van der Waals surface area contributed by atoms with Crippen LogP contribution in [0.4, 0.5) is 21.9 Å². The molecule has 0 radical (unpaired) electrons. The molecule has 18 nitrogen and oxygen atoms in total. The molecular formula is C38H46N10O8S4. The molecule has 4 N–H and O–H groups in total. The number of sulfonamides is 2. The van der Waals surface area contributed by atoms with Crippen molar-refractivity contribution in [3.05, 3.63) is 45.8 Å². The summed E-state index contributed by atoms with van der Waals surface area (Å²) in [6.07, 6.45) is 6.47. The van der Waals surface area contributed by atoms with E-state index in [2.05, 4.69) is 40.0 Å². The lowest BCUT2D eigenvalue weighted by molar-refractivity contribution is -0.115. The number of rotatable bonds is 12. The van der Waals surface area contributed by atoms with Crippen molar-refractivity contribution in [2.75, 3.05) is 32.6 Å². The molecule has 8 rings (SSSR count). The predicted molar refractivity (Wildman–Crippen MR) is 230 cm³/mol. The van der Waals surface area contributed by atoms with Crippen LogP contribution in [0.15, 0.2) is 12.1 Å². The van der Waals surface area contributed by atoms with E-state index in [9.17, 15) is 36.0 Å². The number of amides is 4. The Morgan fingerprint density at radius 2 is 1.02 bits per heavy atom. The molecule has 0 bridgehead atoms. The van der Waals surface area contributed by atoms with Crippen molar-refractivity contribution < 1.29 is 36.0 Å². The van der Waals surface area contributed by atoms with Gasteiger partial charge >= 0.3 is 0 Å². The summed E-state index contributed by atoms with van der Waals surface area (Å²) < 4.78 is 52.6. The molecule has 2 saturated carbocycles. The van der Waals surface area contributed by atoms with Crippen LogP contribution in [-0.4, -0.2) is 94.8 Å². The minimum atomic E-state index is -3.64. The number of nitrogens with one attached hydrogen (secondary N) is 4. The molecule has 6 heterocycles. The van der Waals surface area contributed by atoms with Gasteiger partial charge in [-0.15, -0.1) is 0 Å². The number of aryl methyl sites for hydroxylation is 2. The van der Waals surface area contributed by atoms with Gasteiger partial charge in [-0.25, -0.2) is 36.8 Å². The summed E-state index contributed by atoms with van der Waals surface area (Å²) in [7, 11) is -7.27. The Morgan fingerprint density at radius 3 is 1.32 bits per heavy atom. The molecule has 320 valence electrons. The highest BCUT2D eigenvalue weighted by molar-refractivity contribution is 7.92. The topological polar surface area (TPSA) is 243 Å². The van der Waals surface area contributed by atoms with Crippen LogP contribution in [0.25, 0.3) is 21.1 Å². The molecule has 2 aliphatic heterocycles. The second kappa shape index (κ2) is 16.1. The molecule has 0 saturated heterocycles. The van der Waals surface area contributed by atoms with Crippen molar-refractivity contribution in [2.24, 2.45) is 11.8 Å². The highest BCUT2D eigenvalue weighted by atomic mass is 32.2. The van der Waals surface area contributed by atoms with E-state index < -0.39 is 20.0 Å². The molecule has 4 aromatic rings. The van der Waals surface area contributed by atoms with Crippen LogP contribution >= 0.6 is 22.7 Å². The third-order valence-corrected chi connectivity index (χ3v) is 13.9. The first kappa shape index (κ1) is 43.0. The number of hydrogen-bond donors (Lipinski definition) is 4. The quantitative estimate of drug-likeness (QED) is 0.144. The van der Waals surface area contributed by atoms with E-state index in [-0.39, 0.29) is 47.3 Å². The monoisotopic (exact) mass is 898 g/mol. The fraction of sp³-hybridized carbons (Fsp3) is 0.474. The fourth-order valence-corrected chi connectivity index (χ4v) is 10.4. The molecule has 4 aromatic heterocycles. The Morgan fingerprint density at radius 1 is 0.667 bits per heavy atom. The van der Waals surface area contributed by atoms with Crippen molar-refractivity contribution in [3.63, 3.8) is 0 Å². The lowest BCUT2D eigenvalue weighted by Crippen LogP contribution is -2.35. The first-order chi connectivity index (χ1) is 28.1. The second-order valence-corrected chi connectivity index (χ2v) is 21.3. The first-order valence-corrected chi connectivity index (χ1v) is 24.6. The number of pyridine rings is 2. The summed E-state index contributed by atoms with van der Waals surface area (Å²) in [6.45, 7) is 11.3. The van der Waals surface area contributed by atoms with Gasteiger partial charge in [0.15, 0.2) is 21.9 Å². The van der Waals surface area contributed by atoms with Gasteiger partial charge in [0.05, 0.1) is 56.2 Å². The molecular weight excluding hydrogens is 853 g/mol. The third kappa shape index (κ3) is 9.45. The van der Waals surface area contributed by atoms with Crippen LogP contribution in [0.5, 0.6) is 0 Å². The van der Waals surface area contributed by atoms with E-state index >= 15 is 0 Å². The van der Waals surface area contributed by atoms with Crippen molar-refractivity contribution in [2.45, 2.75) is 92.4 Å². The Kier molecular flexibility index (Phi) is 11.5. The molecule has 0 aromatic carbocycles. The summed E-state index contributed by atoms with van der Waals surface area (Å²) in [5, 5.41) is 6.19. The van der Waals surface area contributed by atoms with Crippen molar-refractivity contribution in [1.82, 2.24) is 29.7 Å². The Labute approximate surface area is 356 Å². The molecule has 2 fully saturated rings. The van der Waals surface area contributed by atoms with Crippen molar-refractivity contribution in [1.29, 1.82) is 0 Å². The summed E-state index contributed by atoms with van der Waals surface area (Å²) in [5.41, 5.74) is 4.43. The van der Waals surface area contributed by atoms with Crippen molar-refractivity contribution >= 4 is 88.2 Å². The van der Waals surface area contributed by atoms with E-state index in [4.69, 9.17) is 0 Å². The highest BCUT2D eigenvalue weighted by Gasteiger charge is 2.42. The number of nitrogens with zero attached hydrogens (tertiary/aromatic N) is 6. The minimum Gasteiger partial charge on any atom is -0.331 e. The van der Waals surface area contributed by atoms with Gasteiger partial charge in [0.1, 0.15) is 0 Å². The molecule has 22 heteroatoms. The van der Waals surface area contributed by atoms with Gasteiger partial charge < -0.3 is 20.4 Å². The molecule has 2 atom stereocenters. The van der Waals surface area contributed by atoms with E-state index in [0.717, 1.165) is 49.3 Å². The summed E-state index contributed by atoms with van der Waals surface area (Å²) >= 11 is 2.51. The van der Waals surface area contributed by atoms with Crippen LogP contribution < -0.4 is 20.1 Å². The lowest BCUT2D eigenvalue weighted by Gasteiger charge is -2.24. The third-order valence-electron chi connectivity index (χ3n) is 10.6. The van der Waals surface area contributed by atoms with Crippen LogP contribution in [0.2, 0.25) is 0 Å². The summed E-state index contributed by atoms with van der Waals surface area (Å²) in [6, 6.07) is 3.82. The number of hydrogen-bond acceptors (Lipinski definition) is 14. The summed E-state index contributed by atoms with van der Waals surface area (Å²) in [5.74, 6) is 0.198. The molecule has 0 unspecified atom stereocenters. The molecule has 60 heavy (non-hydrogen) atoms. The van der Waals surface area contributed by atoms with Gasteiger partial charge in [-0.2, -0.15) is 0 Å². The van der Waals surface area contributed by atoms with Gasteiger partial charge in [0, 0.05) is 39.0 Å². The van der Waals surface area contributed by atoms with Crippen LogP contribution in [0.1, 0.15) is 96.6 Å². The fourth-order valence-electron chi connectivity index (χ4n) is 7.45. The molecule has 0 spiro atoms. The Bertz CT molecular complexity index is 2490. The zero-order chi connectivity index (χ0) is 43.6. The normalized spacial score (nSPS) is 17.1. The Hall–Kier alpha value is -5.06. The number of aromatic nitrogens is 4. The van der Waals surface area contributed by atoms with Crippen LogP contribution in [0.3, 0.4) is 0 Å². The second-order valence-electron chi connectivity index (χ2n) is 15.8. The minimum absolute atomic E-state index is 0.0365. The number of thiazole rings is 2. The molecule has 4 aliphatic rings. The number of anilines is 4.